The van der Waals surface area contributed by atoms with Crippen molar-refractivity contribution in [2.75, 3.05) is 13.1 Å². The fraction of sp³-hybridized carbons (Fsp3) is 0.367. The van der Waals surface area contributed by atoms with E-state index >= 15 is 0 Å². The van der Waals surface area contributed by atoms with Gasteiger partial charge in [-0.1, -0.05) is 57.2 Å². The minimum Gasteiger partial charge on any atom is -0.352 e. The number of rotatable bonds is 5. The van der Waals surface area contributed by atoms with Crippen LogP contribution in [0.2, 0.25) is 0 Å². The van der Waals surface area contributed by atoms with Gasteiger partial charge in [-0.25, -0.2) is 0 Å². The lowest BCUT2D eigenvalue weighted by Gasteiger charge is -2.39. The van der Waals surface area contributed by atoms with Crippen LogP contribution in [0.4, 0.5) is 0 Å². The highest BCUT2D eigenvalue weighted by Gasteiger charge is 2.50. The van der Waals surface area contributed by atoms with Crippen molar-refractivity contribution in [3.8, 4) is 0 Å². The molecule has 37 heavy (non-hydrogen) atoms. The minimum atomic E-state index is -0.433. The molecule has 2 bridgehead atoms. The number of thiophene rings is 1. The molecule has 2 aromatic carbocycles. The predicted molar refractivity (Wildman–Crippen MR) is 147 cm³/mol. The maximum absolute atomic E-state index is 13.8. The smallest absolute Gasteiger partial charge is 0.264 e. The fourth-order valence-electron chi connectivity index (χ4n) is 5.90. The van der Waals surface area contributed by atoms with Crippen molar-refractivity contribution in [1.29, 1.82) is 0 Å². The molecule has 1 N–H and O–H groups in total. The first kappa shape index (κ1) is 23.9. The molecule has 4 heterocycles. The number of H-pyrrole nitrogens is 1. The van der Waals surface area contributed by atoms with Crippen molar-refractivity contribution in [2.24, 2.45) is 11.3 Å². The monoisotopic (exact) mass is 513 g/mol. The molecule has 6 nitrogen and oxygen atoms in total. The number of fused-ring (bicyclic) bond motifs is 4. The highest BCUT2D eigenvalue weighted by molar-refractivity contribution is 7.20. The molecule has 190 valence electrons. The van der Waals surface area contributed by atoms with E-state index in [2.05, 4.69) is 4.98 Å². The Kier molecular flexibility index (Phi) is 5.71. The number of benzene rings is 2. The van der Waals surface area contributed by atoms with Crippen molar-refractivity contribution < 1.29 is 14.4 Å². The van der Waals surface area contributed by atoms with Gasteiger partial charge in [0.2, 0.25) is 5.91 Å². The Morgan fingerprint density at radius 3 is 2.30 bits per heavy atom. The number of nitrogens with zero attached hydrogens (tertiary/aromatic N) is 2. The highest BCUT2D eigenvalue weighted by Crippen LogP contribution is 2.38. The molecule has 0 aliphatic carbocycles. The Morgan fingerprint density at radius 1 is 0.946 bits per heavy atom. The second-order valence-electron chi connectivity index (χ2n) is 11.5. The van der Waals surface area contributed by atoms with E-state index < -0.39 is 5.92 Å². The van der Waals surface area contributed by atoms with Gasteiger partial charge in [0, 0.05) is 35.1 Å². The van der Waals surface area contributed by atoms with Crippen LogP contribution in [-0.2, 0) is 4.79 Å². The number of carbonyl (C=O) groups excluding carboxylic acids is 3. The van der Waals surface area contributed by atoms with Gasteiger partial charge in [-0.3, -0.25) is 14.4 Å². The Bertz CT molecular complexity index is 1460. The number of Topliss-reactive ketones (excluding diaryl/α,β-unsaturated/α-hetero) is 1. The third kappa shape index (κ3) is 4.25. The fourth-order valence-corrected chi connectivity index (χ4v) is 6.92. The molecule has 4 aromatic rings. The van der Waals surface area contributed by atoms with E-state index in [-0.39, 0.29) is 41.5 Å². The van der Waals surface area contributed by atoms with E-state index in [9.17, 15) is 14.4 Å². The zero-order valence-electron chi connectivity index (χ0n) is 21.4. The van der Waals surface area contributed by atoms with Crippen molar-refractivity contribution >= 4 is 49.9 Å². The number of ketones is 1. The number of carbonyl (C=O) groups is 3. The Hall–Kier alpha value is -3.45. The largest absolute Gasteiger partial charge is 0.352 e. The highest BCUT2D eigenvalue weighted by atomic mass is 32.1. The average Bonchev–Trinajstić information content (AvgIpc) is 3.66. The van der Waals surface area contributed by atoms with Crippen LogP contribution in [0.25, 0.3) is 21.0 Å². The molecule has 2 amide bonds. The second-order valence-corrected chi connectivity index (χ2v) is 12.5. The average molecular weight is 514 g/mol. The summed E-state index contributed by atoms with van der Waals surface area (Å²) in [5.41, 5.74) is 1.10. The number of likely N-dealkylation sites (tertiary alicyclic amines) is 2. The van der Waals surface area contributed by atoms with Gasteiger partial charge < -0.3 is 14.8 Å². The molecule has 3 atom stereocenters. The number of aromatic amines is 1. The van der Waals surface area contributed by atoms with Crippen LogP contribution in [0.1, 0.15) is 53.8 Å². The summed E-state index contributed by atoms with van der Waals surface area (Å²) < 4.78 is 1.11. The molecule has 0 spiro atoms. The Morgan fingerprint density at radius 2 is 1.62 bits per heavy atom. The molecule has 0 unspecified atom stereocenters. The Labute approximate surface area is 220 Å². The quantitative estimate of drug-likeness (QED) is 0.346. The molecule has 2 aliphatic rings. The molecule has 0 saturated carbocycles. The number of para-hydroxylation sites is 1. The van der Waals surface area contributed by atoms with Gasteiger partial charge in [0.25, 0.3) is 5.91 Å². The number of nitrogens with one attached hydrogen (secondary N) is 1. The number of aromatic nitrogens is 1. The van der Waals surface area contributed by atoms with E-state index in [4.69, 9.17) is 0 Å². The van der Waals surface area contributed by atoms with Gasteiger partial charge in [0.1, 0.15) is 0 Å². The van der Waals surface area contributed by atoms with Crippen molar-refractivity contribution in [1.82, 2.24) is 14.8 Å². The first-order valence-corrected chi connectivity index (χ1v) is 13.7. The maximum Gasteiger partial charge on any atom is 0.264 e. The standard InChI is InChI=1S/C30H31N3O3S/c1-30(2,3)22(15-25(34)24-12-18-8-4-6-10-23(18)31-24)28(35)32-16-21-14-20(32)17-33(21)29(36)27-13-19-9-5-7-11-26(19)37-27/h4-13,20-22,31H,14-17H2,1-3H3/t20-,21-,22+/m0/s1. The lowest BCUT2D eigenvalue weighted by atomic mass is 9.76. The molecule has 7 heteroatoms. The van der Waals surface area contributed by atoms with E-state index in [1.54, 1.807) is 0 Å². The van der Waals surface area contributed by atoms with Gasteiger partial charge in [-0.15, -0.1) is 11.3 Å². The van der Waals surface area contributed by atoms with E-state index in [1.807, 2.05) is 91.2 Å². The topological polar surface area (TPSA) is 73.5 Å². The van der Waals surface area contributed by atoms with Gasteiger partial charge in [-0.05, 0) is 41.5 Å². The van der Waals surface area contributed by atoms with Crippen LogP contribution in [0, 0.1) is 11.3 Å². The van der Waals surface area contributed by atoms with Crippen molar-refractivity contribution in [3.63, 3.8) is 0 Å². The summed E-state index contributed by atoms with van der Waals surface area (Å²) in [5.74, 6) is -0.395. The number of hydrogen-bond donors (Lipinski definition) is 1. The first-order chi connectivity index (χ1) is 17.7. The summed E-state index contributed by atoms with van der Waals surface area (Å²) in [5, 5.41) is 2.08. The van der Waals surface area contributed by atoms with Gasteiger partial charge in [0.05, 0.1) is 28.6 Å². The number of piperazine rings is 1. The summed E-state index contributed by atoms with van der Waals surface area (Å²) in [7, 11) is 0. The van der Waals surface area contributed by atoms with E-state index in [0.717, 1.165) is 32.3 Å². The molecule has 2 saturated heterocycles. The number of hydrogen-bond acceptors (Lipinski definition) is 4. The van der Waals surface area contributed by atoms with Crippen LogP contribution < -0.4 is 0 Å². The lowest BCUT2D eigenvalue weighted by molar-refractivity contribution is -0.141. The molecular formula is C30H31N3O3S. The lowest BCUT2D eigenvalue weighted by Crippen LogP contribution is -2.53. The summed E-state index contributed by atoms with van der Waals surface area (Å²) in [6.07, 6.45) is 0.961. The van der Waals surface area contributed by atoms with E-state index in [1.165, 1.54) is 11.3 Å². The van der Waals surface area contributed by atoms with Crippen LogP contribution >= 0.6 is 11.3 Å². The summed E-state index contributed by atoms with van der Waals surface area (Å²) >= 11 is 1.53. The second kappa shape index (κ2) is 8.84. The van der Waals surface area contributed by atoms with Crippen molar-refractivity contribution in [3.05, 3.63) is 71.2 Å². The van der Waals surface area contributed by atoms with Gasteiger partial charge in [0.15, 0.2) is 5.78 Å². The van der Waals surface area contributed by atoms with Crippen molar-refractivity contribution in [2.45, 2.75) is 45.7 Å². The van der Waals surface area contributed by atoms with Gasteiger partial charge >= 0.3 is 0 Å². The predicted octanol–water partition coefficient (Wildman–Crippen LogP) is 5.74. The summed E-state index contributed by atoms with van der Waals surface area (Å²) in [6, 6.07) is 19.7. The SMILES string of the molecule is CC(C)(C)[C@H](CC(=O)c1cc2ccccc2[nH]1)C(=O)N1C[C@@H]2C[C@H]1CN2C(=O)c1cc2ccccc2s1. The molecule has 6 rings (SSSR count). The van der Waals surface area contributed by atoms with E-state index in [0.29, 0.717) is 18.8 Å². The molecular weight excluding hydrogens is 482 g/mol. The third-order valence-corrected chi connectivity index (χ3v) is 9.09. The normalized spacial score (nSPS) is 20.2. The summed E-state index contributed by atoms with van der Waals surface area (Å²) in [6.45, 7) is 7.17. The van der Waals surface area contributed by atoms with Crippen LogP contribution in [0.3, 0.4) is 0 Å². The van der Waals surface area contributed by atoms with Crippen LogP contribution in [0.15, 0.2) is 60.7 Å². The maximum atomic E-state index is 13.8. The third-order valence-electron chi connectivity index (χ3n) is 7.98. The summed E-state index contributed by atoms with van der Waals surface area (Å²) in [4.78, 5) is 48.3. The van der Waals surface area contributed by atoms with Crippen LogP contribution in [0.5, 0.6) is 0 Å². The zero-order chi connectivity index (χ0) is 25.9. The molecule has 2 aliphatic heterocycles. The molecule has 2 fully saturated rings. The minimum absolute atomic E-state index is 0.00357. The Balaban J connectivity index is 1.17. The van der Waals surface area contributed by atoms with Gasteiger partial charge in [-0.2, -0.15) is 0 Å². The molecule has 0 radical (unpaired) electrons. The van der Waals surface area contributed by atoms with Crippen LogP contribution in [-0.4, -0.2) is 57.6 Å². The first-order valence-electron chi connectivity index (χ1n) is 12.9. The molecule has 2 aromatic heterocycles. The number of amides is 2. The zero-order valence-corrected chi connectivity index (χ0v) is 22.2.